The summed E-state index contributed by atoms with van der Waals surface area (Å²) >= 11 is 0. The van der Waals surface area contributed by atoms with Crippen LogP contribution in [0.2, 0.25) is 0 Å². The predicted octanol–water partition coefficient (Wildman–Crippen LogP) is 7.18. The molecule has 2 heterocycles. The van der Waals surface area contributed by atoms with Crippen molar-refractivity contribution in [2.75, 3.05) is 6.61 Å². The lowest BCUT2D eigenvalue weighted by Crippen LogP contribution is -2.35. The number of halogens is 4. The second-order valence-electron chi connectivity index (χ2n) is 10.1. The van der Waals surface area contributed by atoms with Crippen LogP contribution in [0.15, 0.2) is 85.2 Å². The number of imidazole rings is 1. The smallest absolute Gasteiger partial charge is 0.419 e. The first-order valence-corrected chi connectivity index (χ1v) is 13.8. The SMILES string of the molecule is CCOc1ccc(-n2c(C(C)N(Cc3cccnc3)C(=O)Cc3ccc(C(F)(F)F)c(F)c3)nc3cc(C#N)ccc32)cc1. The zero-order chi connectivity index (χ0) is 31.4. The number of pyridine rings is 1. The first kappa shape index (κ1) is 30.2. The van der Waals surface area contributed by atoms with Crippen molar-refractivity contribution in [3.63, 3.8) is 0 Å². The van der Waals surface area contributed by atoms with Gasteiger partial charge in [-0.3, -0.25) is 14.3 Å². The predicted molar refractivity (Wildman–Crippen MR) is 155 cm³/mol. The summed E-state index contributed by atoms with van der Waals surface area (Å²) < 4.78 is 61.2. The molecule has 3 aromatic carbocycles. The third-order valence-corrected chi connectivity index (χ3v) is 7.15. The number of benzene rings is 3. The van der Waals surface area contributed by atoms with Crippen LogP contribution < -0.4 is 4.74 Å². The molecule has 0 N–H and O–H groups in total. The zero-order valence-electron chi connectivity index (χ0n) is 23.8. The molecule has 2 aromatic heterocycles. The molecule has 0 fully saturated rings. The van der Waals surface area contributed by atoms with Gasteiger partial charge in [0.2, 0.25) is 5.91 Å². The maximum Gasteiger partial charge on any atom is 0.419 e. The number of nitrogens with zero attached hydrogens (tertiary/aromatic N) is 5. The van der Waals surface area contributed by atoms with Crippen molar-refractivity contribution in [1.82, 2.24) is 19.4 Å². The molecular weight excluding hydrogens is 574 g/mol. The molecule has 44 heavy (non-hydrogen) atoms. The molecule has 0 saturated carbocycles. The van der Waals surface area contributed by atoms with Gasteiger partial charge in [-0.05, 0) is 85.6 Å². The van der Waals surface area contributed by atoms with Crippen molar-refractivity contribution < 1.29 is 27.1 Å². The number of ether oxygens (including phenoxy) is 1. The molecule has 0 aliphatic carbocycles. The second kappa shape index (κ2) is 12.6. The van der Waals surface area contributed by atoms with Crippen LogP contribution in [0, 0.1) is 17.1 Å². The van der Waals surface area contributed by atoms with Gasteiger partial charge in [0.25, 0.3) is 0 Å². The van der Waals surface area contributed by atoms with Crippen LogP contribution in [-0.4, -0.2) is 31.9 Å². The standard InChI is InChI=1S/C33H27F4N5O2/c1-3-44-26-10-8-25(9-11-26)42-30-13-7-23(18-38)16-29(30)40-32(42)21(2)41(20-24-5-4-14-39-19-24)31(43)17-22-6-12-27(28(34)15-22)33(35,36)37/h4-16,19,21H,3,17,20H2,1-2H3. The zero-order valence-corrected chi connectivity index (χ0v) is 23.8. The number of nitriles is 1. The maximum atomic E-state index is 14.4. The number of rotatable bonds is 9. The van der Waals surface area contributed by atoms with Crippen LogP contribution in [0.25, 0.3) is 16.7 Å². The quantitative estimate of drug-likeness (QED) is 0.167. The van der Waals surface area contributed by atoms with Gasteiger partial charge in [-0.1, -0.05) is 12.1 Å². The van der Waals surface area contributed by atoms with Gasteiger partial charge in [0.1, 0.15) is 17.4 Å². The summed E-state index contributed by atoms with van der Waals surface area (Å²) in [5.74, 6) is -0.738. The van der Waals surface area contributed by atoms with Gasteiger partial charge >= 0.3 is 6.18 Å². The van der Waals surface area contributed by atoms with Crippen LogP contribution in [0.1, 0.15) is 48.0 Å². The van der Waals surface area contributed by atoms with E-state index >= 15 is 0 Å². The van der Waals surface area contributed by atoms with Gasteiger partial charge in [0.05, 0.1) is 47.3 Å². The average Bonchev–Trinajstić information content (AvgIpc) is 3.38. The number of carbonyl (C=O) groups is 1. The largest absolute Gasteiger partial charge is 0.494 e. The fourth-order valence-corrected chi connectivity index (χ4v) is 5.02. The summed E-state index contributed by atoms with van der Waals surface area (Å²) in [6.07, 6.45) is -1.98. The van der Waals surface area contributed by atoms with E-state index in [-0.39, 0.29) is 18.5 Å². The summed E-state index contributed by atoms with van der Waals surface area (Å²) in [6, 6.07) is 20.0. The van der Waals surface area contributed by atoms with Crippen LogP contribution in [-0.2, 0) is 23.9 Å². The minimum atomic E-state index is -4.85. The first-order chi connectivity index (χ1) is 21.1. The van der Waals surface area contributed by atoms with E-state index in [0.717, 1.165) is 17.8 Å². The molecule has 0 saturated heterocycles. The molecule has 0 spiro atoms. The van der Waals surface area contributed by atoms with Crippen LogP contribution in [0.4, 0.5) is 17.6 Å². The number of amides is 1. The van der Waals surface area contributed by atoms with E-state index in [1.54, 1.807) is 49.6 Å². The van der Waals surface area contributed by atoms with E-state index in [9.17, 15) is 27.6 Å². The van der Waals surface area contributed by atoms with Gasteiger partial charge in [0, 0.05) is 24.6 Å². The highest BCUT2D eigenvalue weighted by molar-refractivity contribution is 5.82. The Kier molecular flexibility index (Phi) is 8.62. The molecule has 1 unspecified atom stereocenters. The highest BCUT2D eigenvalue weighted by atomic mass is 19.4. The van der Waals surface area contributed by atoms with Crippen molar-refractivity contribution in [2.24, 2.45) is 0 Å². The molecule has 5 aromatic rings. The van der Waals surface area contributed by atoms with E-state index in [4.69, 9.17) is 9.72 Å². The Balaban J connectivity index is 1.58. The van der Waals surface area contributed by atoms with Gasteiger partial charge in [-0.25, -0.2) is 9.37 Å². The average molecular weight is 602 g/mol. The molecule has 1 amide bonds. The Labute approximate surface area is 251 Å². The molecule has 224 valence electrons. The van der Waals surface area contributed by atoms with Crippen molar-refractivity contribution in [1.29, 1.82) is 5.26 Å². The van der Waals surface area contributed by atoms with E-state index in [2.05, 4.69) is 11.1 Å². The molecule has 0 aliphatic rings. The third-order valence-electron chi connectivity index (χ3n) is 7.15. The lowest BCUT2D eigenvalue weighted by Gasteiger charge is -2.30. The number of aromatic nitrogens is 3. The Bertz CT molecular complexity index is 1830. The normalized spacial score (nSPS) is 12.1. The highest BCUT2D eigenvalue weighted by Crippen LogP contribution is 2.33. The number of alkyl halides is 3. The molecule has 11 heteroatoms. The maximum absolute atomic E-state index is 14.4. The number of carbonyl (C=O) groups excluding carboxylic acids is 1. The summed E-state index contributed by atoms with van der Waals surface area (Å²) in [7, 11) is 0. The summed E-state index contributed by atoms with van der Waals surface area (Å²) in [6.45, 7) is 4.28. The summed E-state index contributed by atoms with van der Waals surface area (Å²) in [5.41, 5.74) is 1.81. The fourth-order valence-electron chi connectivity index (χ4n) is 5.02. The number of hydrogen-bond acceptors (Lipinski definition) is 5. The Morgan fingerprint density at radius 3 is 2.48 bits per heavy atom. The van der Waals surface area contributed by atoms with Crippen molar-refractivity contribution in [2.45, 2.75) is 39.0 Å². The fraction of sp³-hybridized carbons (Fsp3) is 0.212. The van der Waals surface area contributed by atoms with E-state index in [1.165, 1.54) is 4.90 Å². The van der Waals surface area contributed by atoms with Gasteiger partial charge < -0.3 is 9.64 Å². The van der Waals surface area contributed by atoms with Crippen molar-refractivity contribution in [3.8, 4) is 17.5 Å². The summed E-state index contributed by atoms with van der Waals surface area (Å²) in [5, 5.41) is 9.48. The van der Waals surface area contributed by atoms with Gasteiger partial charge in [0.15, 0.2) is 0 Å². The Hall–Kier alpha value is -5.24. The van der Waals surface area contributed by atoms with E-state index in [1.807, 2.05) is 35.8 Å². The number of hydrogen-bond donors (Lipinski definition) is 0. The minimum absolute atomic E-state index is 0.0996. The van der Waals surface area contributed by atoms with Crippen LogP contribution in [0.3, 0.4) is 0 Å². The van der Waals surface area contributed by atoms with Crippen LogP contribution >= 0.6 is 0 Å². The molecule has 5 rings (SSSR count). The lowest BCUT2D eigenvalue weighted by molar-refractivity contribution is -0.140. The molecule has 0 aliphatic heterocycles. The third kappa shape index (κ3) is 6.39. The topological polar surface area (TPSA) is 84.0 Å². The van der Waals surface area contributed by atoms with Crippen molar-refractivity contribution >= 4 is 16.9 Å². The Morgan fingerprint density at radius 1 is 1.07 bits per heavy atom. The summed E-state index contributed by atoms with van der Waals surface area (Å²) in [4.78, 5) is 24.4. The van der Waals surface area contributed by atoms with Gasteiger partial charge in [-0.2, -0.15) is 18.4 Å². The minimum Gasteiger partial charge on any atom is -0.494 e. The Morgan fingerprint density at radius 2 is 1.84 bits per heavy atom. The molecule has 0 bridgehead atoms. The van der Waals surface area contributed by atoms with Crippen molar-refractivity contribution in [3.05, 3.63) is 119 Å². The molecule has 7 nitrogen and oxygen atoms in total. The van der Waals surface area contributed by atoms with Crippen LogP contribution in [0.5, 0.6) is 5.75 Å². The van der Waals surface area contributed by atoms with Gasteiger partial charge in [-0.15, -0.1) is 0 Å². The number of fused-ring (bicyclic) bond motifs is 1. The molecule has 1 atom stereocenters. The van der Waals surface area contributed by atoms with E-state index in [0.29, 0.717) is 46.4 Å². The monoisotopic (exact) mass is 601 g/mol. The molecule has 0 radical (unpaired) electrons. The first-order valence-electron chi connectivity index (χ1n) is 13.8. The molecular formula is C33H27F4N5O2. The highest BCUT2D eigenvalue weighted by Gasteiger charge is 2.34. The lowest BCUT2D eigenvalue weighted by atomic mass is 10.1. The van der Waals surface area contributed by atoms with E-state index < -0.39 is 29.5 Å². The second-order valence-corrected chi connectivity index (χ2v) is 10.1.